The van der Waals surface area contributed by atoms with Gasteiger partial charge in [-0.2, -0.15) is 0 Å². The van der Waals surface area contributed by atoms with E-state index in [1.807, 2.05) is 36.4 Å². The molecule has 1 aliphatic carbocycles. The van der Waals surface area contributed by atoms with E-state index in [0.29, 0.717) is 18.7 Å². The van der Waals surface area contributed by atoms with Gasteiger partial charge in [-0.25, -0.2) is 4.79 Å². The number of carbonyl (C=O) groups is 1. The average molecular weight is 311 g/mol. The van der Waals surface area contributed by atoms with E-state index in [1.54, 1.807) is 0 Å². The van der Waals surface area contributed by atoms with Gasteiger partial charge in [-0.15, -0.1) is 0 Å². The highest BCUT2D eigenvalue weighted by molar-refractivity contribution is 5.90. The maximum atomic E-state index is 12.1. The SMILES string of the molecule is Nc1ccc(CNC(=O)Nc2cccc3c2CC(O)CC3)cc1. The number of aliphatic hydroxyl groups excluding tert-OH is 1. The molecular formula is C18H21N3O2. The third-order valence-corrected chi connectivity index (χ3v) is 4.14. The lowest BCUT2D eigenvalue weighted by Crippen LogP contribution is -2.29. The summed E-state index contributed by atoms with van der Waals surface area (Å²) in [5.74, 6) is 0. The number of benzene rings is 2. The van der Waals surface area contributed by atoms with Gasteiger partial charge in [-0.3, -0.25) is 0 Å². The Morgan fingerprint density at radius 3 is 2.78 bits per heavy atom. The third-order valence-electron chi connectivity index (χ3n) is 4.14. The molecule has 5 N–H and O–H groups in total. The summed E-state index contributed by atoms with van der Waals surface area (Å²) in [4.78, 5) is 12.1. The lowest BCUT2D eigenvalue weighted by Gasteiger charge is -2.23. The number of nitrogens with one attached hydrogen (secondary N) is 2. The minimum Gasteiger partial charge on any atom is -0.399 e. The number of carbonyl (C=O) groups excluding carboxylic acids is 1. The van der Waals surface area contributed by atoms with Gasteiger partial charge in [0.1, 0.15) is 0 Å². The van der Waals surface area contributed by atoms with Crippen LogP contribution < -0.4 is 16.4 Å². The predicted molar refractivity (Wildman–Crippen MR) is 91.2 cm³/mol. The smallest absolute Gasteiger partial charge is 0.319 e. The summed E-state index contributed by atoms with van der Waals surface area (Å²) in [5, 5.41) is 15.6. The van der Waals surface area contributed by atoms with Crippen LogP contribution in [0.15, 0.2) is 42.5 Å². The number of hydrogen-bond acceptors (Lipinski definition) is 3. The summed E-state index contributed by atoms with van der Waals surface area (Å²) in [6.07, 6.45) is 1.88. The Hall–Kier alpha value is -2.53. The molecule has 0 saturated carbocycles. The zero-order valence-electron chi connectivity index (χ0n) is 12.9. The predicted octanol–water partition coefficient (Wildman–Crippen LogP) is 2.44. The fourth-order valence-corrected chi connectivity index (χ4v) is 2.87. The van der Waals surface area contributed by atoms with Crippen molar-refractivity contribution < 1.29 is 9.90 Å². The van der Waals surface area contributed by atoms with E-state index in [0.717, 1.165) is 29.7 Å². The number of hydrogen-bond donors (Lipinski definition) is 4. The molecule has 1 aliphatic rings. The number of urea groups is 1. The molecule has 2 amide bonds. The number of aryl methyl sites for hydroxylation is 1. The Kier molecular flexibility index (Phi) is 4.48. The van der Waals surface area contributed by atoms with Crippen molar-refractivity contribution in [2.75, 3.05) is 11.1 Å². The van der Waals surface area contributed by atoms with Crippen LogP contribution >= 0.6 is 0 Å². The summed E-state index contributed by atoms with van der Waals surface area (Å²) >= 11 is 0. The molecule has 0 heterocycles. The molecule has 2 aromatic rings. The van der Waals surface area contributed by atoms with Gasteiger partial charge in [-0.1, -0.05) is 24.3 Å². The first-order chi connectivity index (χ1) is 11.1. The van der Waals surface area contributed by atoms with E-state index < -0.39 is 0 Å². The van der Waals surface area contributed by atoms with Gasteiger partial charge in [0.25, 0.3) is 0 Å². The van der Waals surface area contributed by atoms with Crippen LogP contribution in [0.2, 0.25) is 0 Å². The monoisotopic (exact) mass is 311 g/mol. The van der Waals surface area contributed by atoms with Gasteiger partial charge in [-0.05, 0) is 47.7 Å². The Bertz CT molecular complexity index is 698. The molecule has 1 unspecified atom stereocenters. The number of anilines is 2. The van der Waals surface area contributed by atoms with Gasteiger partial charge < -0.3 is 21.5 Å². The molecule has 0 spiro atoms. The maximum absolute atomic E-state index is 12.1. The molecule has 0 bridgehead atoms. The van der Waals surface area contributed by atoms with E-state index in [1.165, 1.54) is 5.56 Å². The molecule has 0 radical (unpaired) electrons. The van der Waals surface area contributed by atoms with Crippen molar-refractivity contribution in [3.05, 3.63) is 59.2 Å². The van der Waals surface area contributed by atoms with Crippen LogP contribution in [-0.2, 0) is 19.4 Å². The van der Waals surface area contributed by atoms with Crippen molar-refractivity contribution in [2.45, 2.75) is 31.9 Å². The fourth-order valence-electron chi connectivity index (χ4n) is 2.87. The molecule has 1 atom stereocenters. The molecule has 0 saturated heterocycles. The summed E-state index contributed by atoms with van der Waals surface area (Å²) < 4.78 is 0. The Balaban J connectivity index is 1.63. The van der Waals surface area contributed by atoms with Crippen LogP contribution in [0.25, 0.3) is 0 Å². The van der Waals surface area contributed by atoms with Crippen LogP contribution in [0.5, 0.6) is 0 Å². The molecule has 23 heavy (non-hydrogen) atoms. The Labute approximate surface area is 135 Å². The average Bonchev–Trinajstić information content (AvgIpc) is 2.55. The summed E-state index contributed by atoms with van der Waals surface area (Å²) in [7, 11) is 0. The van der Waals surface area contributed by atoms with Crippen LogP contribution in [0.1, 0.15) is 23.1 Å². The van der Waals surface area contributed by atoms with Crippen LogP contribution in [-0.4, -0.2) is 17.2 Å². The summed E-state index contributed by atoms with van der Waals surface area (Å²) in [6.45, 7) is 0.434. The molecule has 0 aliphatic heterocycles. The van der Waals surface area contributed by atoms with Crippen LogP contribution in [0.3, 0.4) is 0 Å². The Morgan fingerprint density at radius 2 is 2.00 bits per heavy atom. The number of amides is 2. The van der Waals surface area contributed by atoms with Gasteiger partial charge in [0.15, 0.2) is 0 Å². The highest BCUT2D eigenvalue weighted by Gasteiger charge is 2.19. The van der Waals surface area contributed by atoms with Crippen LogP contribution in [0, 0.1) is 0 Å². The third kappa shape index (κ3) is 3.81. The maximum Gasteiger partial charge on any atom is 0.319 e. The lowest BCUT2D eigenvalue weighted by atomic mass is 9.88. The zero-order valence-corrected chi connectivity index (χ0v) is 12.9. The first-order valence-electron chi connectivity index (χ1n) is 7.80. The number of nitrogens with two attached hydrogens (primary N) is 1. The van der Waals surface area contributed by atoms with Crippen molar-refractivity contribution in [1.82, 2.24) is 5.32 Å². The van der Waals surface area contributed by atoms with Gasteiger partial charge in [0.05, 0.1) is 6.10 Å². The second kappa shape index (κ2) is 6.71. The first-order valence-corrected chi connectivity index (χ1v) is 7.80. The van der Waals surface area contributed by atoms with Crippen molar-refractivity contribution in [3.8, 4) is 0 Å². The molecule has 5 nitrogen and oxygen atoms in total. The van der Waals surface area contributed by atoms with Crippen LogP contribution in [0.4, 0.5) is 16.2 Å². The number of nitrogen functional groups attached to an aromatic ring is 1. The number of rotatable bonds is 3. The second-order valence-electron chi connectivity index (χ2n) is 5.89. The topological polar surface area (TPSA) is 87.4 Å². The molecule has 0 fully saturated rings. The minimum atomic E-state index is -0.330. The first kappa shape index (κ1) is 15.4. The molecular weight excluding hydrogens is 290 g/mol. The van der Waals surface area contributed by atoms with Crippen molar-refractivity contribution in [3.63, 3.8) is 0 Å². The quantitative estimate of drug-likeness (QED) is 0.657. The standard InChI is InChI=1S/C18H21N3O2/c19-14-7-4-12(5-8-14)11-20-18(23)21-17-3-1-2-13-6-9-15(22)10-16(13)17/h1-5,7-8,15,22H,6,9-11,19H2,(H2,20,21,23). The van der Waals surface area contributed by atoms with Crippen molar-refractivity contribution in [2.24, 2.45) is 0 Å². The number of aliphatic hydroxyl groups is 1. The van der Waals surface area contributed by atoms with E-state index in [9.17, 15) is 9.90 Å². The van der Waals surface area contributed by atoms with Gasteiger partial charge in [0.2, 0.25) is 0 Å². The highest BCUT2D eigenvalue weighted by atomic mass is 16.3. The highest BCUT2D eigenvalue weighted by Crippen LogP contribution is 2.28. The largest absolute Gasteiger partial charge is 0.399 e. The molecule has 3 rings (SSSR count). The van der Waals surface area contributed by atoms with Crippen molar-refractivity contribution in [1.29, 1.82) is 0 Å². The van der Waals surface area contributed by atoms with Crippen molar-refractivity contribution >= 4 is 17.4 Å². The normalized spacial score (nSPS) is 16.5. The summed E-state index contributed by atoms with van der Waals surface area (Å²) in [5.41, 5.74) is 10.3. The molecule has 120 valence electrons. The molecule has 2 aromatic carbocycles. The van der Waals surface area contributed by atoms with Gasteiger partial charge in [0, 0.05) is 24.3 Å². The molecule has 5 heteroatoms. The van der Waals surface area contributed by atoms with E-state index in [2.05, 4.69) is 16.7 Å². The molecule has 0 aromatic heterocycles. The van der Waals surface area contributed by atoms with E-state index in [4.69, 9.17) is 5.73 Å². The van der Waals surface area contributed by atoms with E-state index >= 15 is 0 Å². The number of fused-ring (bicyclic) bond motifs is 1. The lowest BCUT2D eigenvalue weighted by molar-refractivity contribution is 0.159. The van der Waals surface area contributed by atoms with Gasteiger partial charge >= 0.3 is 6.03 Å². The second-order valence-corrected chi connectivity index (χ2v) is 5.89. The fraction of sp³-hybridized carbons (Fsp3) is 0.278. The Morgan fingerprint density at radius 1 is 1.22 bits per heavy atom. The minimum absolute atomic E-state index is 0.254. The summed E-state index contributed by atoms with van der Waals surface area (Å²) in [6, 6.07) is 13.0. The van der Waals surface area contributed by atoms with E-state index in [-0.39, 0.29) is 12.1 Å². The zero-order chi connectivity index (χ0) is 16.2.